The van der Waals surface area contributed by atoms with Crippen LogP contribution in [0.2, 0.25) is 0 Å². The molecule has 6 nitrogen and oxygen atoms in total. The monoisotopic (exact) mass is 182 g/mol. The highest BCUT2D eigenvalue weighted by Gasteiger charge is 2.13. The third kappa shape index (κ3) is 2.68. The topological polar surface area (TPSA) is 87.1 Å². The van der Waals surface area contributed by atoms with Gasteiger partial charge in [-0.25, -0.2) is 4.79 Å². The first-order valence-electron chi connectivity index (χ1n) is 3.92. The van der Waals surface area contributed by atoms with Crippen molar-refractivity contribution < 1.29 is 9.53 Å². The largest absolute Gasteiger partial charge is 0.449 e. The van der Waals surface area contributed by atoms with E-state index in [0.717, 1.165) is 0 Å². The van der Waals surface area contributed by atoms with Crippen molar-refractivity contribution in [3.8, 4) is 0 Å². The SMILES string of the molecule is CC(N=[N+]=[N-])C1=CCCOC(=O)N1. The Balaban J connectivity index is 2.70. The molecule has 0 spiro atoms. The van der Waals surface area contributed by atoms with Gasteiger partial charge in [0.05, 0.1) is 12.6 Å². The molecule has 1 heterocycles. The number of alkyl carbamates (subject to hydrolysis) is 1. The summed E-state index contributed by atoms with van der Waals surface area (Å²) in [6.07, 6.45) is 1.94. The number of hydrogen-bond donors (Lipinski definition) is 1. The number of hydrogen-bond acceptors (Lipinski definition) is 3. The van der Waals surface area contributed by atoms with E-state index in [1.807, 2.05) is 0 Å². The van der Waals surface area contributed by atoms with Gasteiger partial charge in [0.2, 0.25) is 0 Å². The number of cyclic esters (lactones) is 1. The lowest BCUT2D eigenvalue weighted by Crippen LogP contribution is -2.26. The standard InChI is InChI=1S/C7H10N4O2/c1-5(10-11-8)6-3-2-4-13-7(12)9-6/h3,5H,2,4H2,1H3,(H,9,12). The Hall–Kier alpha value is -1.68. The van der Waals surface area contributed by atoms with Gasteiger partial charge >= 0.3 is 6.09 Å². The molecule has 70 valence electrons. The molecule has 0 aromatic carbocycles. The summed E-state index contributed by atoms with van der Waals surface area (Å²) in [4.78, 5) is 13.6. The van der Waals surface area contributed by atoms with E-state index in [9.17, 15) is 4.79 Å². The summed E-state index contributed by atoms with van der Waals surface area (Å²) in [5.41, 5.74) is 8.79. The maximum Gasteiger partial charge on any atom is 0.411 e. The van der Waals surface area contributed by atoms with E-state index in [1.54, 1.807) is 13.0 Å². The van der Waals surface area contributed by atoms with Crippen LogP contribution >= 0.6 is 0 Å². The van der Waals surface area contributed by atoms with Crippen LogP contribution in [0.15, 0.2) is 16.9 Å². The van der Waals surface area contributed by atoms with E-state index in [-0.39, 0.29) is 6.04 Å². The molecule has 1 amide bonds. The van der Waals surface area contributed by atoms with Crippen molar-refractivity contribution in [2.75, 3.05) is 6.61 Å². The molecule has 1 atom stereocenters. The van der Waals surface area contributed by atoms with Crippen LogP contribution in [0, 0.1) is 0 Å². The Morgan fingerprint density at radius 1 is 1.85 bits per heavy atom. The second-order valence-corrected chi connectivity index (χ2v) is 2.59. The second kappa shape index (κ2) is 4.37. The van der Waals surface area contributed by atoms with Crippen LogP contribution in [0.5, 0.6) is 0 Å². The fraction of sp³-hybridized carbons (Fsp3) is 0.571. The average molecular weight is 182 g/mol. The van der Waals surface area contributed by atoms with Gasteiger partial charge in [0.25, 0.3) is 0 Å². The molecule has 1 unspecified atom stereocenters. The molecule has 1 rings (SSSR count). The molecule has 1 N–H and O–H groups in total. The zero-order valence-electron chi connectivity index (χ0n) is 7.23. The number of nitrogens with one attached hydrogen (secondary N) is 1. The normalized spacial score (nSPS) is 18.5. The van der Waals surface area contributed by atoms with Crippen LogP contribution in [-0.2, 0) is 4.74 Å². The first-order valence-corrected chi connectivity index (χ1v) is 3.92. The van der Waals surface area contributed by atoms with Crippen molar-refractivity contribution in [1.82, 2.24) is 5.32 Å². The molecule has 0 saturated carbocycles. The van der Waals surface area contributed by atoms with Crippen LogP contribution in [0.4, 0.5) is 4.79 Å². The van der Waals surface area contributed by atoms with Gasteiger partial charge in [-0.3, -0.25) is 5.32 Å². The number of rotatable bonds is 2. The number of carbonyl (C=O) groups excluding carboxylic acids is 1. The second-order valence-electron chi connectivity index (χ2n) is 2.59. The van der Waals surface area contributed by atoms with E-state index in [4.69, 9.17) is 10.3 Å². The van der Waals surface area contributed by atoms with E-state index < -0.39 is 6.09 Å². The molecule has 0 radical (unpaired) electrons. The fourth-order valence-corrected chi connectivity index (χ4v) is 0.986. The molecule has 0 aliphatic carbocycles. The minimum atomic E-state index is -0.497. The predicted octanol–water partition coefficient (Wildman–Crippen LogP) is 1.70. The number of amides is 1. The van der Waals surface area contributed by atoms with E-state index in [2.05, 4.69) is 15.3 Å². The number of ether oxygens (including phenoxy) is 1. The van der Waals surface area contributed by atoms with Crippen LogP contribution in [0.1, 0.15) is 13.3 Å². The lowest BCUT2D eigenvalue weighted by Gasteiger charge is -2.08. The Labute approximate surface area is 75.2 Å². The molecule has 0 saturated heterocycles. The zero-order valence-corrected chi connectivity index (χ0v) is 7.23. The molecule has 6 heteroatoms. The van der Waals surface area contributed by atoms with Gasteiger partial charge in [0, 0.05) is 17.0 Å². The molecule has 0 aromatic heterocycles. The van der Waals surface area contributed by atoms with E-state index >= 15 is 0 Å². The Kier molecular flexibility index (Phi) is 3.16. The maximum absolute atomic E-state index is 10.9. The van der Waals surface area contributed by atoms with E-state index in [1.165, 1.54) is 0 Å². The zero-order chi connectivity index (χ0) is 9.68. The highest BCUT2D eigenvalue weighted by molar-refractivity contribution is 5.70. The summed E-state index contributed by atoms with van der Waals surface area (Å²) in [6.45, 7) is 2.06. The molecule has 1 aliphatic rings. The minimum Gasteiger partial charge on any atom is -0.449 e. The Morgan fingerprint density at radius 2 is 2.62 bits per heavy atom. The molecular weight excluding hydrogens is 172 g/mol. The van der Waals surface area contributed by atoms with Crippen molar-refractivity contribution in [2.45, 2.75) is 19.4 Å². The fourth-order valence-electron chi connectivity index (χ4n) is 0.986. The molecule has 1 aliphatic heterocycles. The lowest BCUT2D eigenvalue weighted by molar-refractivity contribution is 0.153. The van der Waals surface area contributed by atoms with Crippen molar-refractivity contribution in [3.63, 3.8) is 0 Å². The summed E-state index contributed by atoms with van der Waals surface area (Å²) in [5, 5.41) is 5.96. The molecule has 0 bridgehead atoms. The first-order chi connectivity index (χ1) is 6.24. The third-order valence-electron chi connectivity index (χ3n) is 1.64. The van der Waals surface area contributed by atoms with Gasteiger partial charge < -0.3 is 4.74 Å². The summed E-state index contributed by atoms with van der Waals surface area (Å²) in [5.74, 6) is 0. The van der Waals surface area contributed by atoms with Crippen LogP contribution in [-0.4, -0.2) is 18.7 Å². The van der Waals surface area contributed by atoms with Gasteiger partial charge in [-0.05, 0) is 5.53 Å². The van der Waals surface area contributed by atoms with Gasteiger partial charge in [0.15, 0.2) is 0 Å². The summed E-state index contributed by atoms with van der Waals surface area (Å²) in [7, 11) is 0. The van der Waals surface area contributed by atoms with Crippen molar-refractivity contribution in [1.29, 1.82) is 0 Å². The van der Waals surface area contributed by atoms with Gasteiger partial charge in [-0.2, -0.15) is 0 Å². The predicted molar refractivity (Wildman–Crippen MR) is 45.8 cm³/mol. The first kappa shape index (κ1) is 9.41. The van der Waals surface area contributed by atoms with Gasteiger partial charge in [-0.1, -0.05) is 18.1 Å². The highest BCUT2D eigenvalue weighted by Crippen LogP contribution is 2.07. The average Bonchev–Trinajstić information content (AvgIpc) is 2.30. The Bertz CT molecular complexity index is 280. The van der Waals surface area contributed by atoms with Crippen LogP contribution in [0.25, 0.3) is 10.4 Å². The quantitative estimate of drug-likeness (QED) is 0.400. The molecule has 0 aromatic rings. The van der Waals surface area contributed by atoms with Crippen molar-refractivity contribution in [3.05, 3.63) is 22.2 Å². The van der Waals surface area contributed by atoms with Gasteiger partial charge in [-0.15, -0.1) is 0 Å². The maximum atomic E-state index is 10.9. The molecular formula is C7H10N4O2. The number of azide groups is 1. The van der Waals surface area contributed by atoms with Crippen LogP contribution in [0.3, 0.4) is 0 Å². The highest BCUT2D eigenvalue weighted by atomic mass is 16.5. The van der Waals surface area contributed by atoms with E-state index in [0.29, 0.717) is 18.7 Å². The van der Waals surface area contributed by atoms with Crippen molar-refractivity contribution in [2.24, 2.45) is 5.11 Å². The molecule has 0 fully saturated rings. The Morgan fingerprint density at radius 3 is 3.31 bits per heavy atom. The third-order valence-corrected chi connectivity index (χ3v) is 1.64. The minimum absolute atomic E-state index is 0.359. The number of nitrogens with zero attached hydrogens (tertiary/aromatic N) is 3. The summed E-state index contributed by atoms with van der Waals surface area (Å²) in [6, 6.07) is -0.365. The summed E-state index contributed by atoms with van der Waals surface area (Å²) < 4.78 is 4.72. The summed E-state index contributed by atoms with van der Waals surface area (Å²) >= 11 is 0. The van der Waals surface area contributed by atoms with Crippen molar-refractivity contribution >= 4 is 6.09 Å². The number of carbonyl (C=O) groups is 1. The lowest BCUT2D eigenvalue weighted by atomic mass is 10.2. The molecule has 13 heavy (non-hydrogen) atoms. The van der Waals surface area contributed by atoms with Gasteiger partial charge in [0.1, 0.15) is 0 Å². The smallest absolute Gasteiger partial charge is 0.411 e. The van der Waals surface area contributed by atoms with Crippen LogP contribution < -0.4 is 5.32 Å².